The zero-order valence-electron chi connectivity index (χ0n) is 13.0. The Kier molecular flexibility index (Phi) is 7.56. The highest BCUT2D eigenvalue weighted by molar-refractivity contribution is 6.01. The Morgan fingerprint density at radius 1 is 1.33 bits per heavy atom. The van der Waals surface area contributed by atoms with E-state index in [1.165, 1.54) is 0 Å². The summed E-state index contributed by atoms with van der Waals surface area (Å²) in [6, 6.07) is 5.19. The summed E-state index contributed by atoms with van der Waals surface area (Å²) in [4.78, 5) is 14.2. The first kappa shape index (κ1) is 17.3. The molecule has 6 nitrogen and oxygen atoms in total. The van der Waals surface area contributed by atoms with E-state index in [0.717, 1.165) is 6.54 Å². The van der Waals surface area contributed by atoms with E-state index in [2.05, 4.69) is 5.32 Å². The third-order valence-corrected chi connectivity index (χ3v) is 2.80. The van der Waals surface area contributed by atoms with Gasteiger partial charge in [-0.2, -0.15) is 0 Å². The molecule has 0 aromatic heterocycles. The summed E-state index contributed by atoms with van der Waals surface area (Å²) < 4.78 is 10.9. The Hall–Kier alpha value is -1.79. The van der Waals surface area contributed by atoms with Gasteiger partial charge in [0.05, 0.1) is 19.8 Å². The van der Waals surface area contributed by atoms with Crippen LogP contribution in [0.25, 0.3) is 0 Å². The summed E-state index contributed by atoms with van der Waals surface area (Å²) in [6.45, 7) is 4.75. The number of carbonyl (C=O) groups is 1. The lowest BCUT2D eigenvalue weighted by Crippen LogP contribution is -2.29. The highest BCUT2D eigenvalue weighted by Crippen LogP contribution is 2.24. The van der Waals surface area contributed by atoms with Crippen LogP contribution in [0.5, 0.6) is 5.75 Å². The minimum absolute atomic E-state index is 0.243. The van der Waals surface area contributed by atoms with E-state index < -0.39 is 0 Å². The van der Waals surface area contributed by atoms with Crippen LogP contribution in [0.2, 0.25) is 0 Å². The number of hydrogen-bond donors (Lipinski definition) is 2. The Labute approximate surface area is 126 Å². The monoisotopic (exact) mass is 295 g/mol. The van der Waals surface area contributed by atoms with Crippen molar-refractivity contribution in [2.24, 2.45) is 0 Å². The highest BCUT2D eigenvalue weighted by Gasteiger charge is 2.15. The number of likely N-dealkylation sites (N-methyl/N-ethyl adjacent to an activating group) is 1. The molecule has 0 unspecified atom stereocenters. The lowest BCUT2D eigenvalue weighted by atomic mass is 10.1. The predicted octanol–water partition coefficient (Wildman–Crippen LogP) is 0.976. The average molecular weight is 295 g/mol. The standard InChI is InChI=1S/C15H25N3O3/c1-4-21-13-7-5-6-12(16)14(13)15(19)17-8-10-20-11-9-18(2)3/h5-7H,4,8-11,16H2,1-3H3,(H,17,19). The molecule has 0 aliphatic carbocycles. The van der Waals surface area contributed by atoms with Gasteiger partial charge in [0.1, 0.15) is 11.3 Å². The van der Waals surface area contributed by atoms with E-state index >= 15 is 0 Å². The second-order valence-electron chi connectivity index (χ2n) is 4.82. The number of rotatable bonds is 9. The van der Waals surface area contributed by atoms with Crippen LogP contribution in [-0.2, 0) is 4.74 Å². The fourth-order valence-corrected chi connectivity index (χ4v) is 1.74. The van der Waals surface area contributed by atoms with Crippen molar-refractivity contribution in [3.05, 3.63) is 23.8 Å². The van der Waals surface area contributed by atoms with Crippen molar-refractivity contribution >= 4 is 11.6 Å². The number of anilines is 1. The van der Waals surface area contributed by atoms with E-state index in [1.807, 2.05) is 25.9 Å². The zero-order valence-corrected chi connectivity index (χ0v) is 13.0. The summed E-state index contributed by atoms with van der Waals surface area (Å²) >= 11 is 0. The molecule has 0 spiro atoms. The van der Waals surface area contributed by atoms with Gasteiger partial charge in [0.15, 0.2) is 0 Å². The molecule has 0 fully saturated rings. The van der Waals surface area contributed by atoms with E-state index in [4.69, 9.17) is 15.2 Å². The van der Waals surface area contributed by atoms with E-state index in [9.17, 15) is 4.79 Å². The molecule has 0 radical (unpaired) electrons. The predicted molar refractivity (Wildman–Crippen MR) is 83.7 cm³/mol. The fourth-order valence-electron chi connectivity index (χ4n) is 1.74. The first-order valence-electron chi connectivity index (χ1n) is 7.08. The molecule has 21 heavy (non-hydrogen) atoms. The van der Waals surface area contributed by atoms with Crippen LogP contribution in [0.15, 0.2) is 18.2 Å². The zero-order chi connectivity index (χ0) is 15.7. The molecule has 0 aliphatic heterocycles. The normalized spacial score (nSPS) is 10.7. The second-order valence-corrected chi connectivity index (χ2v) is 4.82. The third kappa shape index (κ3) is 6.01. The van der Waals surface area contributed by atoms with E-state index in [-0.39, 0.29) is 5.91 Å². The minimum Gasteiger partial charge on any atom is -0.493 e. The topological polar surface area (TPSA) is 76.8 Å². The van der Waals surface area contributed by atoms with Crippen LogP contribution in [0, 0.1) is 0 Å². The molecule has 1 aromatic rings. The summed E-state index contributed by atoms with van der Waals surface area (Å²) in [5, 5.41) is 2.79. The summed E-state index contributed by atoms with van der Waals surface area (Å²) in [6.07, 6.45) is 0. The molecule has 0 aliphatic rings. The Morgan fingerprint density at radius 2 is 2.10 bits per heavy atom. The van der Waals surface area contributed by atoms with Gasteiger partial charge >= 0.3 is 0 Å². The van der Waals surface area contributed by atoms with Gasteiger partial charge in [0.25, 0.3) is 5.91 Å². The Bertz CT molecular complexity index is 450. The summed E-state index contributed by atoms with van der Waals surface area (Å²) in [5.74, 6) is 0.260. The van der Waals surface area contributed by atoms with E-state index in [0.29, 0.717) is 43.4 Å². The number of nitrogens with one attached hydrogen (secondary N) is 1. The van der Waals surface area contributed by atoms with Gasteiger partial charge in [0.2, 0.25) is 0 Å². The lowest BCUT2D eigenvalue weighted by Gasteiger charge is -2.13. The van der Waals surface area contributed by atoms with Gasteiger partial charge in [0, 0.05) is 18.8 Å². The number of nitrogens with two attached hydrogens (primary N) is 1. The summed E-state index contributed by atoms with van der Waals surface area (Å²) in [7, 11) is 3.97. The van der Waals surface area contributed by atoms with Crippen molar-refractivity contribution in [3.63, 3.8) is 0 Å². The van der Waals surface area contributed by atoms with Crippen molar-refractivity contribution in [1.82, 2.24) is 10.2 Å². The maximum atomic E-state index is 12.2. The lowest BCUT2D eigenvalue weighted by molar-refractivity contribution is 0.0897. The molecular formula is C15H25N3O3. The van der Waals surface area contributed by atoms with E-state index in [1.54, 1.807) is 18.2 Å². The Morgan fingerprint density at radius 3 is 2.76 bits per heavy atom. The van der Waals surface area contributed by atoms with Crippen LogP contribution >= 0.6 is 0 Å². The van der Waals surface area contributed by atoms with Gasteiger partial charge < -0.3 is 25.4 Å². The number of benzene rings is 1. The van der Waals surface area contributed by atoms with Crippen LogP contribution in [0.4, 0.5) is 5.69 Å². The molecule has 1 amide bonds. The number of nitrogens with zero attached hydrogens (tertiary/aromatic N) is 1. The molecule has 1 aromatic carbocycles. The largest absolute Gasteiger partial charge is 0.493 e. The van der Waals surface area contributed by atoms with Gasteiger partial charge in [-0.15, -0.1) is 0 Å². The molecule has 0 bridgehead atoms. The summed E-state index contributed by atoms with van der Waals surface area (Å²) in [5.41, 5.74) is 6.65. The molecule has 0 saturated heterocycles. The second kappa shape index (κ2) is 9.20. The van der Waals surface area contributed by atoms with Crippen molar-refractivity contribution in [2.45, 2.75) is 6.92 Å². The first-order valence-corrected chi connectivity index (χ1v) is 7.08. The Balaban J connectivity index is 2.45. The van der Waals surface area contributed by atoms with Gasteiger partial charge in [-0.05, 0) is 33.2 Å². The van der Waals surface area contributed by atoms with Gasteiger partial charge in [-0.25, -0.2) is 0 Å². The fraction of sp³-hybridized carbons (Fsp3) is 0.533. The number of hydrogen-bond acceptors (Lipinski definition) is 5. The molecular weight excluding hydrogens is 270 g/mol. The molecule has 118 valence electrons. The quantitative estimate of drug-likeness (QED) is 0.524. The highest BCUT2D eigenvalue weighted by atomic mass is 16.5. The molecule has 1 rings (SSSR count). The molecule has 0 atom stereocenters. The number of amides is 1. The first-order chi connectivity index (χ1) is 10.1. The maximum Gasteiger partial charge on any atom is 0.257 e. The third-order valence-electron chi connectivity index (χ3n) is 2.80. The number of carbonyl (C=O) groups excluding carboxylic acids is 1. The van der Waals surface area contributed by atoms with Crippen molar-refractivity contribution in [2.75, 3.05) is 52.7 Å². The van der Waals surface area contributed by atoms with Crippen LogP contribution < -0.4 is 15.8 Å². The molecule has 0 saturated carbocycles. The molecule has 0 heterocycles. The van der Waals surface area contributed by atoms with Crippen LogP contribution in [0.3, 0.4) is 0 Å². The smallest absolute Gasteiger partial charge is 0.257 e. The van der Waals surface area contributed by atoms with Crippen molar-refractivity contribution < 1.29 is 14.3 Å². The maximum absolute atomic E-state index is 12.2. The number of ether oxygens (including phenoxy) is 2. The van der Waals surface area contributed by atoms with Crippen LogP contribution in [0.1, 0.15) is 17.3 Å². The van der Waals surface area contributed by atoms with Crippen molar-refractivity contribution in [3.8, 4) is 5.75 Å². The minimum atomic E-state index is -0.243. The van der Waals surface area contributed by atoms with Gasteiger partial charge in [-0.1, -0.05) is 6.07 Å². The molecule has 6 heteroatoms. The molecule has 3 N–H and O–H groups in total. The van der Waals surface area contributed by atoms with Crippen LogP contribution in [-0.4, -0.2) is 57.8 Å². The SMILES string of the molecule is CCOc1cccc(N)c1C(=O)NCCOCCN(C)C. The number of nitrogen functional groups attached to an aromatic ring is 1. The average Bonchev–Trinajstić information content (AvgIpc) is 2.42. The van der Waals surface area contributed by atoms with Gasteiger partial charge in [-0.3, -0.25) is 4.79 Å². The van der Waals surface area contributed by atoms with Crippen molar-refractivity contribution in [1.29, 1.82) is 0 Å².